The van der Waals surface area contributed by atoms with Crippen molar-refractivity contribution in [3.8, 4) is 0 Å². The molecule has 6 unspecified atom stereocenters. The molecule has 14 heteroatoms. The van der Waals surface area contributed by atoms with Gasteiger partial charge in [0.05, 0.1) is 49.0 Å². The first-order chi connectivity index (χ1) is 19.4. The second-order valence-corrected chi connectivity index (χ2v) is 10.7. The maximum Gasteiger partial charge on any atom is 0.244 e. The number of nitrogens with two attached hydrogens (primary N) is 1. The first-order valence-electron chi connectivity index (χ1n) is 14.2. The van der Waals surface area contributed by atoms with Crippen molar-refractivity contribution >= 4 is 29.9 Å². The van der Waals surface area contributed by atoms with Crippen LogP contribution in [0.1, 0.15) is 60.3 Å². The van der Waals surface area contributed by atoms with Crippen LogP contribution < -0.4 is 16.4 Å². The molecule has 0 radical (unpaired) electrons. The van der Waals surface area contributed by atoms with Crippen LogP contribution >= 0.6 is 0 Å². The predicted molar refractivity (Wildman–Crippen MR) is 158 cm³/mol. The van der Waals surface area contributed by atoms with Crippen LogP contribution in [0.3, 0.4) is 0 Å². The summed E-state index contributed by atoms with van der Waals surface area (Å²) in [5, 5.41) is 12.1. The van der Waals surface area contributed by atoms with Crippen molar-refractivity contribution in [2.45, 2.75) is 96.7 Å². The van der Waals surface area contributed by atoms with Crippen LogP contribution in [0.5, 0.6) is 0 Å². The van der Waals surface area contributed by atoms with E-state index in [9.17, 15) is 14.4 Å². The Morgan fingerprint density at radius 1 is 1.17 bits per heavy atom. The van der Waals surface area contributed by atoms with Crippen LogP contribution in [0, 0.1) is 17.4 Å². The van der Waals surface area contributed by atoms with E-state index in [1.807, 2.05) is 13.8 Å². The molecule has 1 aliphatic heterocycles. The first kappa shape index (κ1) is 35.9. The van der Waals surface area contributed by atoms with Crippen LogP contribution in [-0.4, -0.2) is 111 Å². The molecule has 0 aromatic rings. The van der Waals surface area contributed by atoms with E-state index in [4.69, 9.17) is 20.7 Å². The molecule has 8 atom stereocenters. The van der Waals surface area contributed by atoms with Gasteiger partial charge in [0.25, 0.3) is 0 Å². The van der Waals surface area contributed by atoms with Crippen LogP contribution in [0.4, 0.5) is 0 Å². The number of amides is 3. The zero-order valence-corrected chi connectivity index (χ0v) is 26.1. The molecule has 14 nitrogen and oxygen atoms in total. The van der Waals surface area contributed by atoms with E-state index in [1.54, 1.807) is 51.8 Å². The van der Waals surface area contributed by atoms with Gasteiger partial charge in [-0.15, -0.1) is 5.10 Å². The van der Waals surface area contributed by atoms with Gasteiger partial charge in [-0.1, -0.05) is 32.4 Å². The van der Waals surface area contributed by atoms with E-state index in [2.05, 4.69) is 26.0 Å². The minimum Gasteiger partial charge on any atom is -0.384 e. The maximum absolute atomic E-state index is 13.8. The van der Waals surface area contributed by atoms with E-state index in [-0.39, 0.29) is 48.0 Å². The Bertz CT molecular complexity index is 931. The maximum atomic E-state index is 13.8. The molecular weight excluding hydrogens is 530 g/mol. The summed E-state index contributed by atoms with van der Waals surface area (Å²) < 4.78 is 11.6. The van der Waals surface area contributed by atoms with Crippen molar-refractivity contribution in [1.82, 2.24) is 20.4 Å². The fraction of sp³-hybridized carbons (Fsp3) is 0.815. The van der Waals surface area contributed by atoms with Crippen molar-refractivity contribution in [2.24, 2.45) is 32.9 Å². The van der Waals surface area contributed by atoms with Gasteiger partial charge in [-0.2, -0.15) is 5.53 Å². The highest BCUT2D eigenvalue weighted by Gasteiger charge is 2.42. The number of carbonyl (C=O) groups is 3. The molecule has 234 valence electrons. The minimum absolute atomic E-state index is 0.0146. The minimum atomic E-state index is -0.621. The summed E-state index contributed by atoms with van der Waals surface area (Å²) in [6.07, 6.45) is 2.73. The molecule has 0 spiro atoms. The second kappa shape index (κ2) is 17.6. The third kappa shape index (κ3) is 9.73. The van der Waals surface area contributed by atoms with Crippen molar-refractivity contribution < 1.29 is 23.9 Å². The van der Waals surface area contributed by atoms with Gasteiger partial charge in [-0.25, -0.2) is 0 Å². The largest absolute Gasteiger partial charge is 0.384 e. The molecule has 1 saturated heterocycles. The third-order valence-corrected chi connectivity index (χ3v) is 8.05. The smallest absolute Gasteiger partial charge is 0.244 e. The molecule has 0 aromatic carbocycles. The van der Waals surface area contributed by atoms with Crippen LogP contribution in [0.25, 0.3) is 0 Å². The summed E-state index contributed by atoms with van der Waals surface area (Å²) in [4.78, 5) is 47.3. The van der Waals surface area contributed by atoms with Crippen LogP contribution in [0.2, 0.25) is 0 Å². The predicted octanol–water partition coefficient (Wildman–Crippen LogP) is 1.35. The lowest BCUT2D eigenvalue weighted by Crippen LogP contribution is -2.55. The number of carbonyl (C=O) groups excluding carboxylic acids is 3. The number of aliphatic imine (C=N–C) groups is 1. The van der Waals surface area contributed by atoms with Crippen molar-refractivity contribution in [3.63, 3.8) is 0 Å². The molecule has 1 heterocycles. The highest BCUT2D eigenvalue weighted by atomic mass is 16.5. The number of nitrogens with one attached hydrogen (secondary N) is 3. The lowest BCUT2D eigenvalue weighted by Gasteiger charge is -2.40. The van der Waals surface area contributed by atoms with E-state index >= 15 is 0 Å². The number of methoxy groups -OCH3 is 2. The highest BCUT2D eigenvalue weighted by molar-refractivity contribution is 5.90. The zero-order chi connectivity index (χ0) is 31.3. The number of hydrogen-bond acceptors (Lipinski definition) is 8. The summed E-state index contributed by atoms with van der Waals surface area (Å²) in [5.41, 5.74) is 12.6. The van der Waals surface area contributed by atoms with Gasteiger partial charge in [0.2, 0.25) is 17.7 Å². The number of likely N-dealkylation sites (tertiary alicyclic amines) is 1. The van der Waals surface area contributed by atoms with Crippen molar-refractivity contribution in [3.05, 3.63) is 0 Å². The van der Waals surface area contributed by atoms with Crippen molar-refractivity contribution in [1.29, 1.82) is 5.53 Å². The van der Waals surface area contributed by atoms with E-state index < -0.39 is 30.2 Å². The van der Waals surface area contributed by atoms with Crippen molar-refractivity contribution in [2.75, 3.05) is 34.9 Å². The van der Waals surface area contributed by atoms with Gasteiger partial charge in [0.15, 0.2) is 0 Å². The summed E-state index contributed by atoms with van der Waals surface area (Å²) in [5.74, 6) is -1.07. The molecule has 41 heavy (non-hydrogen) atoms. The monoisotopic (exact) mass is 581 g/mol. The quantitative estimate of drug-likeness (QED) is 0.0863. The molecule has 0 saturated carbocycles. The lowest BCUT2D eigenvalue weighted by molar-refractivity contribution is -0.146. The molecule has 1 aliphatic rings. The summed E-state index contributed by atoms with van der Waals surface area (Å²) >= 11 is 0. The Labute approximate surface area is 244 Å². The zero-order valence-electron chi connectivity index (χ0n) is 26.1. The van der Waals surface area contributed by atoms with Crippen LogP contribution in [0.15, 0.2) is 15.3 Å². The average Bonchev–Trinajstić information content (AvgIpc) is 3.44. The molecule has 0 aromatic heterocycles. The second-order valence-electron chi connectivity index (χ2n) is 10.7. The fourth-order valence-electron chi connectivity index (χ4n) is 5.43. The fourth-order valence-corrected chi connectivity index (χ4v) is 5.43. The highest BCUT2D eigenvalue weighted by Crippen LogP contribution is 2.29. The molecular formula is C27H51N9O5. The molecule has 1 fully saturated rings. The number of likely N-dealkylation sites (N-methyl/N-ethyl adjacent to an activating group) is 1. The van der Waals surface area contributed by atoms with Gasteiger partial charge in [0, 0.05) is 34.9 Å². The van der Waals surface area contributed by atoms with Crippen LogP contribution in [-0.2, 0) is 23.9 Å². The molecule has 3 amide bonds. The standard InChI is InChI=1S/C27H51N9O5/c1-10-16(2)23(35(7)27(39)19(5)31-15-30-6)21(40-8)14-22(37)36-13-11-12-20(36)24(41-9)17(3)26(38)32-18(4)25(28)33-34-29/h15-21,23-24H,10-14H2,1-9H3,(H,30,31)(H,32,38)(H3,28,29,33)/t16?,17?,18-,19-,20?,21?,23?,24?/m0/s1. The molecule has 0 bridgehead atoms. The number of ether oxygens (including phenoxy) is 2. The summed E-state index contributed by atoms with van der Waals surface area (Å²) in [6, 6.07) is -1.76. The Morgan fingerprint density at radius 2 is 1.83 bits per heavy atom. The molecule has 1 rings (SSSR count). The Hall–Kier alpha value is -3.13. The molecule has 5 N–H and O–H groups in total. The van der Waals surface area contributed by atoms with Gasteiger partial charge in [-0.3, -0.25) is 19.4 Å². The van der Waals surface area contributed by atoms with E-state index in [1.165, 1.54) is 13.4 Å². The SMILES string of the molecule is CCC(C)C(C(CC(=O)N1CCCC1C(OC)C(C)C(=O)N[C@@H](C)C(N)=NN=N)OC)N(C)C(=O)[C@H](C)NC=NC. The molecule has 0 aliphatic carbocycles. The van der Waals surface area contributed by atoms with E-state index in [0.29, 0.717) is 13.0 Å². The summed E-state index contributed by atoms with van der Waals surface area (Å²) in [7, 11) is 6.46. The number of rotatable bonds is 17. The van der Waals surface area contributed by atoms with Gasteiger partial charge < -0.3 is 35.6 Å². The topological polar surface area (TPSA) is 187 Å². The van der Waals surface area contributed by atoms with Gasteiger partial charge >= 0.3 is 0 Å². The number of hydrogen-bond donors (Lipinski definition) is 4. The Balaban J connectivity index is 3.11. The normalized spacial score (nSPS) is 21.0. The third-order valence-electron chi connectivity index (χ3n) is 8.05. The lowest BCUT2D eigenvalue weighted by atomic mass is 9.90. The number of nitrogens with zero attached hydrogens (tertiary/aromatic N) is 5. The Kier molecular flexibility index (Phi) is 15.4. The van der Waals surface area contributed by atoms with E-state index in [0.717, 1.165) is 12.8 Å². The average molecular weight is 582 g/mol. The van der Waals surface area contributed by atoms with Gasteiger partial charge in [-0.05, 0) is 32.6 Å². The van der Waals surface area contributed by atoms with Gasteiger partial charge in [0.1, 0.15) is 11.9 Å². The summed E-state index contributed by atoms with van der Waals surface area (Å²) in [6.45, 7) is 9.79. The number of amidine groups is 1. The Morgan fingerprint density at radius 3 is 2.37 bits per heavy atom. The first-order valence-corrected chi connectivity index (χ1v) is 14.2.